The Morgan fingerprint density at radius 2 is 2.26 bits per heavy atom. The number of nitrogens with two attached hydrogens (primary N) is 1. The number of aromatic nitrogens is 1. The van der Waals surface area contributed by atoms with E-state index in [9.17, 15) is 4.79 Å². The zero-order chi connectivity index (χ0) is 13.2. The smallest absolute Gasteiger partial charge is 0.323 e. The summed E-state index contributed by atoms with van der Waals surface area (Å²) in [4.78, 5) is 15.0. The Balaban J connectivity index is 1.68. The molecule has 0 bridgehead atoms. The van der Waals surface area contributed by atoms with E-state index in [1.165, 1.54) is 0 Å². The quantitative estimate of drug-likeness (QED) is 0.803. The number of rotatable bonds is 4. The van der Waals surface area contributed by atoms with Crippen molar-refractivity contribution in [3.05, 3.63) is 36.0 Å². The summed E-state index contributed by atoms with van der Waals surface area (Å²) in [6.07, 6.45) is 2.24. The van der Waals surface area contributed by atoms with Crippen LogP contribution >= 0.6 is 0 Å². The lowest BCUT2D eigenvalue weighted by Crippen LogP contribution is -2.43. The van der Waals surface area contributed by atoms with Crippen LogP contribution in [-0.2, 0) is 20.7 Å². The Bertz CT molecular complexity index is 589. The summed E-state index contributed by atoms with van der Waals surface area (Å²) < 4.78 is 10.2. The minimum absolute atomic E-state index is 0.124. The van der Waals surface area contributed by atoms with Crippen LogP contribution in [0.15, 0.2) is 30.5 Å². The first-order valence-corrected chi connectivity index (χ1v) is 6.33. The second-order valence-electron chi connectivity index (χ2n) is 4.77. The third kappa shape index (κ3) is 2.47. The van der Waals surface area contributed by atoms with E-state index < -0.39 is 6.04 Å². The van der Waals surface area contributed by atoms with Gasteiger partial charge in [-0.05, 0) is 11.6 Å². The summed E-state index contributed by atoms with van der Waals surface area (Å²) in [6, 6.07) is 7.30. The van der Waals surface area contributed by atoms with Crippen LogP contribution in [0.3, 0.4) is 0 Å². The van der Waals surface area contributed by atoms with Crippen molar-refractivity contribution < 1.29 is 14.3 Å². The zero-order valence-corrected chi connectivity index (χ0v) is 10.5. The van der Waals surface area contributed by atoms with Gasteiger partial charge in [0.15, 0.2) is 0 Å². The summed E-state index contributed by atoms with van der Waals surface area (Å²) in [5.74, 6) is -0.362. The molecule has 0 aliphatic carbocycles. The fourth-order valence-corrected chi connectivity index (χ4v) is 2.15. The average Bonchev–Trinajstić information content (AvgIpc) is 2.77. The maximum absolute atomic E-state index is 11.8. The van der Waals surface area contributed by atoms with Gasteiger partial charge >= 0.3 is 5.97 Å². The van der Waals surface area contributed by atoms with Gasteiger partial charge in [0.2, 0.25) is 0 Å². The first-order chi connectivity index (χ1) is 9.24. The number of para-hydroxylation sites is 1. The van der Waals surface area contributed by atoms with Gasteiger partial charge in [0, 0.05) is 23.5 Å². The number of ether oxygens (including phenoxy) is 2. The molecule has 1 aromatic carbocycles. The van der Waals surface area contributed by atoms with E-state index in [0.717, 1.165) is 16.5 Å². The molecule has 5 heteroatoms. The second kappa shape index (κ2) is 5.03. The zero-order valence-electron chi connectivity index (χ0n) is 10.5. The van der Waals surface area contributed by atoms with Crippen molar-refractivity contribution in [3.63, 3.8) is 0 Å². The highest BCUT2D eigenvalue weighted by Crippen LogP contribution is 2.19. The number of H-pyrrole nitrogens is 1. The first-order valence-electron chi connectivity index (χ1n) is 6.33. The topological polar surface area (TPSA) is 77.3 Å². The second-order valence-corrected chi connectivity index (χ2v) is 4.77. The third-order valence-corrected chi connectivity index (χ3v) is 3.31. The van der Waals surface area contributed by atoms with Crippen molar-refractivity contribution >= 4 is 16.9 Å². The Kier molecular flexibility index (Phi) is 3.23. The largest absolute Gasteiger partial charge is 0.456 e. The molecule has 0 spiro atoms. The summed E-state index contributed by atoms with van der Waals surface area (Å²) in [5, 5.41) is 1.10. The molecule has 1 aliphatic heterocycles. The number of hydrogen-bond acceptors (Lipinski definition) is 4. The van der Waals surface area contributed by atoms with E-state index in [-0.39, 0.29) is 12.1 Å². The third-order valence-electron chi connectivity index (χ3n) is 3.31. The molecule has 0 radical (unpaired) electrons. The predicted octanol–water partition coefficient (Wildman–Crippen LogP) is 0.980. The molecule has 3 N–H and O–H groups in total. The van der Waals surface area contributed by atoms with Gasteiger partial charge in [-0.2, -0.15) is 0 Å². The summed E-state index contributed by atoms with van der Waals surface area (Å²) >= 11 is 0. The Hall–Kier alpha value is -1.85. The molecule has 100 valence electrons. The molecule has 5 nitrogen and oxygen atoms in total. The highest BCUT2D eigenvalue weighted by Gasteiger charge is 2.26. The summed E-state index contributed by atoms with van der Waals surface area (Å²) in [5.41, 5.74) is 7.98. The van der Waals surface area contributed by atoms with Gasteiger partial charge in [0.05, 0.1) is 13.2 Å². The van der Waals surface area contributed by atoms with E-state index in [2.05, 4.69) is 4.98 Å². The van der Waals surface area contributed by atoms with E-state index in [1.807, 2.05) is 30.5 Å². The van der Waals surface area contributed by atoms with Gasteiger partial charge in [-0.15, -0.1) is 0 Å². The van der Waals surface area contributed by atoms with Crippen LogP contribution in [0.2, 0.25) is 0 Å². The van der Waals surface area contributed by atoms with Crippen LogP contribution in [-0.4, -0.2) is 36.3 Å². The van der Waals surface area contributed by atoms with Crippen LogP contribution in [0.1, 0.15) is 5.56 Å². The highest BCUT2D eigenvalue weighted by molar-refractivity contribution is 5.84. The molecule has 2 heterocycles. The lowest BCUT2D eigenvalue weighted by atomic mass is 10.1. The fourth-order valence-electron chi connectivity index (χ4n) is 2.15. The first kappa shape index (κ1) is 12.2. The maximum Gasteiger partial charge on any atom is 0.323 e. The number of nitrogens with one attached hydrogen (secondary N) is 1. The van der Waals surface area contributed by atoms with Gasteiger partial charge in [-0.25, -0.2) is 0 Å². The molecule has 2 aromatic rings. The lowest BCUT2D eigenvalue weighted by molar-refractivity contribution is -0.173. The fraction of sp³-hybridized carbons (Fsp3) is 0.357. The van der Waals surface area contributed by atoms with Crippen LogP contribution in [0, 0.1) is 0 Å². The number of benzene rings is 1. The molecular formula is C14H16N2O3. The molecular weight excluding hydrogens is 244 g/mol. The minimum Gasteiger partial charge on any atom is -0.456 e. The average molecular weight is 260 g/mol. The Labute approximate surface area is 110 Å². The van der Waals surface area contributed by atoms with Crippen LogP contribution in [0.5, 0.6) is 0 Å². The SMILES string of the molecule is N[C@@H](Cc1c[nH]c2ccccc12)C(=O)OC1COC1. The van der Waals surface area contributed by atoms with Crippen LogP contribution < -0.4 is 5.73 Å². The molecule has 3 rings (SSSR count). The molecule has 1 aliphatic rings. The highest BCUT2D eigenvalue weighted by atomic mass is 16.6. The number of carbonyl (C=O) groups excluding carboxylic acids is 1. The standard InChI is InChI=1S/C14H16N2O3/c15-12(14(17)19-10-7-18-8-10)5-9-6-16-13-4-2-1-3-11(9)13/h1-4,6,10,12,16H,5,7-8,15H2/t12-/m0/s1. The summed E-state index contributed by atoms with van der Waals surface area (Å²) in [6.45, 7) is 0.955. The number of aromatic amines is 1. The molecule has 1 saturated heterocycles. The van der Waals surface area contributed by atoms with Crippen LogP contribution in [0.25, 0.3) is 10.9 Å². The number of carbonyl (C=O) groups is 1. The lowest BCUT2D eigenvalue weighted by Gasteiger charge is -2.26. The van der Waals surface area contributed by atoms with Gasteiger partial charge in [-0.1, -0.05) is 18.2 Å². The van der Waals surface area contributed by atoms with Crippen molar-refractivity contribution in [1.29, 1.82) is 0 Å². The minimum atomic E-state index is -0.639. The normalized spacial score (nSPS) is 17.1. The van der Waals surface area contributed by atoms with Crippen molar-refractivity contribution in [2.24, 2.45) is 5.73 Å². The Morgan fingerprint density at radius 3 is 3.00 bits per heavy atom. The van der Waals surface area contributed by atoms with Crippen LogP contribution in [0.4, 0.5) is 0 Å². The monoisotopic (exact) mass is 260 g/mol. The molecule has 0 saturated carbocycles. The molecule has 1 atom stereocenters. The van der Waals surface area contributed by atoms with Gasteiger partial charge < -0.3 is 20.2 Å². The predicted molar refractivity (Wildman–Crippen MR) is 70.7 cm³/mol. The van der Waals surface area contributed by atoms with Crippen molar-refractivity contribution in [2.75, 3.05) is 13.2 Å². The molecule has 19 heavy (non-hydrogen) atoms. The molecule has 1 aromatic heterocycles. The van der Waals surface area contributed by atoms with Crippen molar-refractivity contribution in [1.82, 2.24) is 4.98 Å². The number of hydrogen-bond donors (Lipinski definition) is 2. The number of fused-ring (bicyclic) bond motifs is 1. The van der Waals surface area contributed by atoms with E-state index in [1.54, 1.807) is 0 Å². The Morgan fingerprint density at radius 1 is 1.47 bits per heavy atom. The van der Waals surface area contributed by atoms with E-state index in [0.29, 0.717) is 19.6 Å². The molecule has 0 amide bonds. The van der Waals surface area contributed by atoms with E-state index >= 15 is 0 Å². The summed E-state index contributed by atoms with van der Waals surface area (Å²) in [7, 11) is 0. The molecule has 0 unspecified atom stereocenters. The maximum atomic E-state index is 11.8. The van der Waals surface area contributed by atoms with Crippen molar-refractivity contribution in [3.8, 4) is 0 Å². The number of esters is 1. The van der Waals surface area contributed by atoms with Gasteiger partial charge in [0.1, 0.15) is 12.1 Å². The van der Waals surface area contributed by atoms with E-state index in [4.69, 9.17) is 15.2 Å². The molecule has 1 fully saturated rings. The van der Waals surface area contributed by atoms with Gasteiger partial charge in [0.25, 0.3) is 0 Å². The van der Waals surface area contributed by atoms with Gasteiger partial charge in [-0.3, -0.25) is 4.79 Å². The van der Waals surface area contributed by atoms with Crippen molar-refractivity contribution in [2.45, 2.75) is 18.6 Å².